The van der Waals surface area contributed by atoms with Gasteiger partial charge in [-0.1, -0.05) is 42.5 Å². The summed E-state index contributed by atoms with van der Waals surface area (Å²) >= 11 is 0. The molecule has 0 amide bonds. The van der Waals surface area contributed by atoms with Crippen molar-refractivity contribution in [2.75, 3.05) is 0 Å². The van der Waals surface area contributed by atoms with E-state index >= 15 is 0 Å². The number of ether oxygens (including phenoxy) is 1. The van der Waals surface area contributed by atoms with Gasteiger partial charge in [0.25, 0.3) is 0 Å². The standard InChI is InChI=1S/C18H14N2O2/c21-18(22-13-14-6-2-1-3-7-14)11-10-15-12-19-16-8-4-5-9-17(16)20-15/h1-12H,13H2/b11-10+. The second-order valence-electron chi connectivity index (χ2n) is 4.71. The van der Waals surface area contributed by atoms with Crippen LogP contribution in [0.15, 0.2) is 66.9 Å². The molecule has 0 bridgehead atoms. The number of carbonyl (C=O) groups is 1. The maximum absolute atomic E-state index is 11.7. The lowest BCUT2D eigenvalue weighted by Gasteiger charge is -2.01. The first-order chi connectivity index (χ1) is 10.8. The lowest BCUT2D eigenvalue weighted by molar-refractivity contribution is -0.138. The molecule has 1 heterocycles. The summed E-state index contributed by atoms with van der Waals surface area (Å²) in [6, 6.07) is 17.1. The van der Waals surface area contributed by atoms with Gasteiger partial charge in [0.05, 0.1) is 22.9 Å². The van der Waals surface area contributed by atoms with Crippen LogP contribution in [0.2, 0.25) is 0 Å². The maximum Gasteiger partial charge on any atom is 0.331 e. The van der Waals surface area contributed by atoms with Gasteiger partial charge < -0.3 is 4.74 Å². The average Bonchev–Trinajstić information content (AvgIpc) is 2.59. The predicted octanol–water partition coefficient (Wildman–Crippen LogP) is 3.39. The molecule has 0 aliphatic carbocycles. The molecule has 0 saturated heterocycles. The van der Waals surface area contributed by atoms with Crippen molar-refractivity contribution >= 4 is 23.1 Å². The number of para-hydroxylation sites is 2. The Bertz CT molecular complexity index is 813. The monoisotopic (exact) mass is 290 g/mol. The van der Waals surface area contributed by atoms with E-state index in [0.29, 0.717) is 5.69 Å². The fourth-order valence-corrected chi connectivity index (χ4v) is 1.98. The van der Waals surface area contributed by atoms with E-state index in [0.717, 1.165) is 16.6 Å². The zero-order valence-electron chi connectivity index (χ0n) is 11.8. The molecule has 0 atom stereocenters. The number of nitrogens with zero attached hydrogens (tertiary/aromatic N) is 2. The van der Waals surface area contributed by atoms with Gasteiger partial charge in [-0.15, -0.1) is 0 Å². The van der Waals surface area contributed by atoms with Crippen LogP contribution in [0.1, 0.15) is 11.3 Å². The van der Waals surface area contributed by atoms with E-state index < -0.39 is 5.97 Å². The van der Waals surface area contributed by atoms with E-state index in [2.05, 4.69) is 9.97 Å². The largest absolute Gasteiger partial charge is 0.458 e. The molecule has 22 heavy (non-hydrogen) atoms. The van der Waals surface area contributed by atoms with Crippen molar-refractivity contribution in [2.45, 2.75) is 6.61 Å². The van der Waals surface area contributed by atoms with Gasteiger partial charge in [0.15, 0.2) is 0 Å². The minimum Gasteiger partial charge on any atom is -0.458 e. The Morgan fingerprint density at radius 2 is 1.73 bits per heavy atom. The Hall–Kier alpha value is -3.01. The molecule has 108 valence electrons. The molecule has 4 heteroatoms. The first kappa shape index (κ1) is 13.9. The molecule has 0 saturated carbocycles. The quantitative estimate of drug-likeness (QED) is 0.546. The van der Waals surface area contributed by atoms with Crippen LogP contribution in [-0.2, 0) is 16.1 Å². The molecule has 0 spiro atoms. The number of hydrogen-bond donors (Lipinski definition) is 0. The zero-order valence-corrected chi connectivity index (χ0v) is 11.8. The molecule has 3 rings (SSSR count). The molecule has 0 fully saturated rings. The lowest BCUT2D eigenvalue weighted by atomic mass is 10.2. The number of benzene rings is 2. The fraction of sp³-hybridized carbons (Fsp3) is 0.0556. The molecule has 3 aromatic rings. The summed E-state index contributed by atoms with van der Waals surface area (Å²) in [6.07, 6.45) is 4.60. The number of aromatic nitrogens is 2. The van der Waals surface area contributed by atoms with Crippen molar-refractivity contribution in [1.82, 2.24) is 9.97 Å². The maximum atomic E-state index is 11.7. The van der Waals surface area contributed by atoms with Crippen molar-refractivity contribution in [1.29, 1.82) is 0 Å². The Balaban J connectivity index is 1.63. The predicted molar refractivity (Wildman–Crippen MR) is 84.8 cm³/mol. The third kappa shape index (κ3) is 3.55. The van der Waals surface area contributed by atoms with Crippen LogP contribution in [0, 0.1) is 0 Å². The Labute approximate surface area is 128 Å². The second-order valence-corrected chi connectivity index (χ2v) is 4.71. The summed E-state index contributed by atoms with van der Waals surface area (Å²) in [6.45, 7) is 0.257. The Kier molecular flexibility index (Phi) is 4.20. The highest BCUT2D eigenvalue weighted by atomic mass is 16.5. The molecule has 0 aliphatic rings. The molecule has 1 aromatic heterocycles. The smallest absolute Gasteiger partial charge is 0.331 e. The summed E-state index contributed by atoms with van der Waals surface area (Å²) in [4.78, 5) is 20.4. The summed E-state index contributed by atoms with van der Waals surface area (Å²) in [5, 5.41) is 0. The Morgan fingerprint density at radius 1 is 1.00 bits per heavy atom. The van der Waals surface area contributed by atoms with Crippen LogP contribution in [0.3, 0.4) is 0 Å². The van der Waals surface area contributed by atoms with Crippen LogP contribution >= 0.6 is 0 Å². The number of carbonyl (C=O) groups excluding carboxylic acids is 1. The van der Waals surface area contributed by atoms with Gasteiger partial charge >= 0.3 is 5.97 Å². The van der Waals surface area contributed by atoms with Crippen molar-refractivity contribution in [3.05, 3.63) is 78.1 Å². The first-order valence-electron chi connectivity index (χ1n) is 6.92. The van der Waals surface area contributed by atoms with Crippen molar-refractivity contribution < 1.29 is 9.53 Å². The molecular weight excluding hydrogens is 276 g/mol. The topological polar surface area (TPSA) is 52.1 Å². The van der Waals surface area contributed by atoms with Crippen LogP contribution in [0.4, 0.5) is 0 Å². The number of fused-ring (bicyclic) bond motifs is 1. The van der Waals surface area contributed by atoms with E-state index in [1.165, 1.54) is 6.08 Å². The lowest BCUT2D eigenvalue weighted by Crippen LogP contribution is -2.00. The Morgan fingerprint density at radius 3 is 2.55 bits per heavy atom. The summed E-state index contributed by atoms with van der Waals surface area (Å²) in [7, 11) is 0. The fourth-order valence-electron chi connectivity index (χ4n) is 1.98. The van der Waals surface area contributed by atoms with Crippen LogP contribution in [0.5, 0.6) is 0 Å². The van der Waals surface area contributed by atoms with Crippen LogP contribution < -0.4 is 0 Å². The molecule has 4 nitrogen and oxygen atoms in total. The van der Waals surface area contributed by atoms with Gasteiger partial charge in [-0.05, 0) is 23.8 Å². The number of hydrogen-bond acceptors (Lipinski definition) is 4. The molecule has 0 radical (unpaired) electrons. The van der Waals surface area contributed by atoms with E-state index in [1.54, 1.807) is 12.3 Å². The molecular formula is C18H14N2O2. The molecule has 0 N–H and O–H groups in total. The van der Waals surface area contributed by atoms with Crippen molar-refractivity contribution in [3.63, 3.8) is 0 Å². The van der Waals surface area contributed by atoms with Gasteiger partial charge in [-0.3, -0.25) is 4.98 Å². The minimum absolute atomic E-state index is 0.257. The van der Waals surface area contributed by atoms with Crippen molar-refractivity contribution in [2.24, 2.45) is 0 Å². The van der Waals surface area contributed by atoms with E-state index in [-0.39, 0.29) is 6.61 Å². The molecule has 2 aromatic carbocycles. The van der Waals surface area contributed by atoms with E-state index in [4.69, 9.17) is 4.74 Å². The van der Waals surface area contributed by atoms with Gasteiger partial charge in [0.1, 0.15) is 6.61 Å². The zero-order chi connectivity index (χ0) is 15.2. The third-order valence-corrected chi connectivity index (χ3v) is 3.08. The van der Waals surface area contributed by atoms with Gasteiger partial charge in [-0.25, -0.2) is 9.78 Å². The average molecular weight is 290 g/mol. The third-order valence-electron chi connectivity index (χ3n) is 3.08. The summed E-state index contributed by atoms with van der Waals surface area (Å²) < 4.78 is 5.16. The van der Waals surface area contributed by atoms with Gasteiger partial charge in [0.2, 0.25) is 0 Å². The SMILES string of the molecule is O=C(/C=C/c1cnc2ccccc2n1)OCc1ccccc1. The minimum atomic E-state index is -0.404. The number of rotatable bonds is 4. The highest BCUT2D eigenvalue weighted by Crippen LogP contribution is 2.09. The van der Waals surface area contributed by atoms with E-state index in [1.807, 2.05) is 54.6 Å². The normalized spacial score (nSPS) is 10.9. The highest BCUT2D eigenvalue weighted by molar-refractivity contribution is 5.87. The molecule has 0 aliphatic heterocycles. The van der Waals surface area contributed by atoms with Gasteiger partial charge in [-0.2, -0.15) is 0 Å². The second kappa shape index (κ2) is 6.63. The molecule has 0 unspecified atom stereocenters. The highest BCUT2D eigenvalue weighted by Gasteiger charge is 2.00. The number of esters is 1. The summed E-state index contributed by atoms with van der Waals surface area (Å²) in [5.74, 6) is -0.404. The summed E-state index contributed by atoms with van der Waals surface area (Å²) in [5.41, 5.74) is 3.19. The van der Waals surface area contributed by atoms with Crippen molar-refractivity contribution in [3.8, 4) is 0 Å². The first-order valence-corrected chi connectivity index (χ1v) is 6.92. The van der Waals surface area contributed by atoms with E-state index in [9.17, 15) is 4.79 Å². The van der Waals surface area contributed by atoms with Crippen LogP contribution in [-0.4, -0.2) is 15.9 Å². The van der Waals surface area contributed by atoms with Gasteiger partial charge in [0, 0.05) is 6.08 Å². The van der Waals surface area contributed by atoms with Crippen LogP contribution in [0.25, 0.3) is 17.1 Å².